The second-order valence-corrected chi connectivity index (χ2v) is 4.16. The second-order valence-electron chi connectivity index (χ2n) is 4.16. The monoisotopic (exact) mass is 285 g/mol. The Labute approximate surface area is 119 Å². The van der Waals surface area contributed by atoms with E-state index in [9.17, 15) is 14.9 Å². The van der Waals surface area contributed by atoms with Crippen LogP contribution in [0.1, 0.15) is 16.8 Å². The zero-order valence-electron chi connectivity index (χ0n) is 10.9. The predicted molar refractivity (Wildman–Crippen MR) is 74.1 cm³/mol. The Morgan fingerprint density at radius 2 is 2.29 bits per heavy atom. The quantitative estimate of drug-likeness (QED) is 0.499. The molecule has 1 amide bonds. The Morgan fingerprint density at radius 1 is 1.52 bits per heavy atom. The standard InChI is InChI=1S/C13H11N5O3/c1-2-3-6-17-8-15-16-13(17)9-4-5-10(12(14)19)11(7-9)18(20)21/h1,4-5,7-8H,3,6H2,(H2,14,19). The third-order valence-electron chi connectivity index (χ3n) is 2.83. The Morgan fingerprint density at radius 3 is 2.90 bits per heavy atom. The van der Waals surface area contributed by atoms with Crippen LogP contribution in [0.5, 0.6) is 0 Å². The SMILES string of the molecule is C#CCCn1cnnc1-c1ccc(C(N)=O)c([N+](=O)[O-])c1. The predicted octanol–water partition coefficient (Wildman–Crippen LogP) is 0.975. The van der Waals surface area contributed by atoms with Gasteiger partial charge in [0, 0.05) is 24.6 Å². The topological polar surface area (TPSA) is 117 Å². The number of aryl methyl sites for hydroxylation is 1. The molecular formula is C13H11N5O3. The fourth-order valence-corrected chi connectivity index (χ4v) is 1.86. The molecule has 0 fully saturated rings. The minimum absolute atomic E-state index is 0.154. The van der Waals surface area contributed by atoms with Crippen LogP contribution in [0.25, 0.3) is 11.4 Å². The van der Waals surface area contributed by atoms with Crippen molar-refractivity contribution in [3.05, 3.63) is 40.2 Å². The van der Waals surface area contributed by atoms with Gasteiger partial charge in [-0.15, -0.1) is 22.5 Å². The van der Waals surface area contributed by atoms with Crippen LogP contribution in [0, 0.1) is 22.5 Å². The van der Waals surface area contributed by atoms with Crippen molar-refractivity contribution < 1.29 is 9.72 Å². The fraction of sp³-hybridized carbons (Fsp3) is 0.154. The number of hydrogen-bond donors (Lipinski definition) is 1. The van der Waals surface area contributed by atoms with Gasteiger partial charge in [0.15, 0.2) is 5.82 Å². The van der Waals surface area contributed by atoms with Gasteiger partial charge < -0.3 is 10.3 Å². The normalized spacial score (nSPS) is 10.0. The van der Waals surface area contributed by atoms with E-state index in [1.807, 2.05) is 0 Å². The highest BCUT2D eigenvalue weighted by molar-refractivity contribution is 5.97. The van der Waals surface area contributed by atoms with Crippen LogP contribution >= 0.6 is 0 Å². The highest BCUT2D eigenvalue weighted by Crippen LogP contribution is 2.26. The van der Waals surface area contributed by atoms with Crippen molar-refractivity contribution in [2.45, 2.75) is 13.0 Å². The van der Waals surface area contributed by atoms with Gasteiger partial charge in [-0.2, -0.15) is 0 Å². The molecule has 106 valence electrons. The van der Waals surface area contributed by atoms with Gasteiger partial charge in [0.25, 0.3) is 11.6 Å². The van der Waals surface area contributed by atoms with Crippen LogP contribution in [0.15, 0.2) is 24.5 Å². The lowest BCUT2D eigenvalue weighted by Gasteiger charge is -2.05. The number of carbonyl (C=O) groups is 1. The van der Waals surface area contributed by atoms with Crippen molar-refractivity contribution in [3.8, 4) is 23.7 Å². The number of amides is 1. The number of rotatable bonds is 5. The second kappa shape index (κ2) is 5.83. The van der Waals surface area contributed by atoms with Gasteiger partial charge in [0.2, 0.25) is 0 Å². The minimum Gasteiger partial charge on any atom is -0.365 e. The molecule has 0 spiro atoms. The van der Waals surface area contributed by atoms with Crippen molar-refractivity contribution in [1.82, 2.24) is 14.8 Å². The first kappa shape index (κ1) is 14.2. The molecule has 8 heteroatoms. The van der Waals surface area contributed by atoms with Crippen LogP contribution in [0.2, 0.25) is 0 Å². The molecule has 8 nitrogen and oxygen atoms in total. The molecule has 2 aromatic rings. The molecule has 0 saturated carbocycles. The zero-order valence-corrected chi connectivity index (χ0v) is 10.9. The number of terminal acetylenes is 1. The lowest BCUT2D eigenvalue weighted by Crippen LogP contribution is -2.13. The first-order valence-corrected chi connectivity index (χ1v) is 5.94. The minimum atomic E-state index is -0.859. The van der Waals surface area contributed by atoms with Crippen molar-refractivity contribution in [3.63, 3.8) is 0 Å². The van der Waals surface area contributed by atoms with Gasteiger partial charge in [0.1, 0.15) is 11.9 Å². The lowest BCUT2D eigenvalue weighted by atomic mass is 10.1. The molecule has 21 heavy (non-hydrogen) atoms. The molecule has 0 bridgehead atoms. The van der Waals surface area contributed by atoms with Gasteiger partial charge >= 0.3 is 0 Å². The van der Waals surface area contributed by atoms with Crippen molar-refractivity contribution >= 4 is 11.6 Å². The summed E-state index contributed by atoms with van der Waals surface area (Å²) in [5.41, 5.74) is 5.05. The molecule has 0 aliphatic carbocycles. The summed E-state index contributed by atoms with van der Waals surface area (Å²) >= 11 is 0. The molecular weight excluding hydrogens is 274 g/mol. The summed E-state index contributed by atoms with van der Waals surface area (Å²) < 4.78 is 1.68. The van der Waals surface area contributed by atoms with Crippen LogP contribution < -0.4 is 5.73 Å². The summed E-state index contributed by atoms with van der Waals surface area (Å²) in [5, 5.41) is 18.7. The summed E-state index contributed by atoms with van der Waals surface area (Å²) in [6.45, 7) is 0.490. The summed E-state index contributed by atoms with van der Waals surface area (Å²) in [6, 6.07) is 4.08. The Kier molecular flexibility index (Phi) is 3.95. The number of aromatic nitrogens is 3. The smallest absolute Gasteiger partial charge is 0.282 e. The number of carbonyl (C=O) groups excluding carboxylic acids is 1. The van der Waals surface area contributed by atoms with Gasteiger partial charge in [-0.05, 0) is 12.1 Å². The third-order valence-corrected chi connectivity index (χ3v) is 2.83. The Balaban J connectivity index is 2.49. The van der Waals surface area contributed by atoms with Gasteiger partial charge in [-0.3, -0.25) is 14.9 Å². The van der Waals surface area contributed by atoms with E-state index in [0.29, 0.717) is 24.4 Å². The van der Waals surface area contributed by atoms with Crippen LogP contribution in [0.4, 0.5) is 5.69 Å². The van der Waals surface area contributed by atoms with E-state index in [1.165, 1.54) is 24.5 Å². The fourth-order valence-electron chi connectivity index (χ4n) is 1.86. The molecule has 1 heterocycles. The van der Waals surface area contributed by atoms with Gasteiger partial charge in [-0.1, -0.05) is 0 Å². The van der Waals surface area contributed by atoms with Crippen molar-refractivity contribution in [2.24, 2.45) is 5.73 Å². The molecule has 2 N–H and O–H groups in total. The maximum Gasteiger partial charge on any atom is 0.282 e. The molecule has 0 saturated heterocycles. The number of nitro benzene ring substituents is 1. The number of nitro groups is 1. The van der Waals surface area contributed by atoms with E-state index >= 15 is 0 Å². The van der Waals surface area contributed by atoms with Gasteiger partial charge in [0.05, 0.1) is 4.92 Å². The average Bonchev–Trinajstić information content (AvgIpc) is 2.92. The van der Waals surface area contributed by atoms with E-state index < -0.39 is 10.8 Å². The molecule has 0 radical (unpaired) electrons. The highest BCUT2D eigenvalue weighted by atomic mass is 16.6. The highest BCUT2D eigenvalue weighted by Gasteiger charge is 2.20. The number of nitrogens with zero attached hydrogens (tertiary/aromatic N) is 4. The first-order chi connectivity index (χ1) is 10.0. The van der Waals surface area contributed by atoms with Crippen LogP contribution in [-0.2, 0) is 6.54 Å². The third kappa shape index (κ3) is 2.87. The molecule has 0 atom stereocenters. The molecule has 1 aromatic carbocycles. The van der Waals surface area contributed by atoms with E-state index in [2.05, 4.69) is 16.1 Å². The number of nitrogens with two attached hydrogens (primary N) is 1. The maximum atomic E-state index is 11.2. The van der Waals surface area contributed by atoms with E-state index in [4.69, 9.17) is 12.2 Å². The zero-order chi connectivity index (χ0) is 15.4. The Hall–Kier alpha value is -3.21. The summed E-state index contributed by atoms with van der Waals surface area (Å²) in [5.74, 6) is 2.07. The van der Waals surface area contributed by atoms with Crippen molar-refractivity contribution in [1.29, 1.82) is 0 Å². The first-order valence-electron chi connectivity index (χ1n) is 5.94. The largest absolute Gasteiger partial charge is 0.365 e. The summed E-state index contributed by atoms with van der Waals surface area (Å²) in [7, 11) is 0. The summed E-state index contributed by atoms with van der Waals surface area (Å²) in [6.07, 6.45) is 7.17. The van der Waals surface area contributed by atoms with E-state index in [-0.39, 0.29) is 11.3 Å². The van der Waals surface area contributed by atoms with Gasteiger partial charge in [-0.25, -0.2) is 0 Å². The number of primary amides is 1. The maximum absolute atomic E-state index is 11.2. The molecule has 0 aliphatic heterocycles. The molecule has 2 rings (SSSR count). The van der Waals surface area contributed by atoms with Crippen molar-refractivity contribution in [2.75, 3.05) is 0 Å². The average molecular weight is 285 g/mol. The molecule has 1 aromatic heterocycles. The van der Waals surface area contributed by atoms with Crippen LogP contribution in [0.3, 0.4) is 0 Å². The molecule has 0 unspecified atom stereocenters. The van der Waals surface area contributed by atoms with Crippen LogP contribution in [-0.4, -0.2) is 25.6 Å². The van der Waals surface area contributed by atoms with E-state index in [0.717, 1.165) is 0 Å². The summed E-state index contributed by atoms with van der Waals surface area (Å²) in [4.78, 5) is 21.6. The van der Waals surface area contributed by atoms with E-state index in [1.54, 1.807) is 4.57 Å². The number of benzene rings is 1. The Bertz CT molecular complexity index is 745. The number of hydrogen-bond acceptors (Lipinski definition) is 5. The lowest BCUT2D eigenvalue weighted by molar-refractivity contribution is -0.385. The molecule has 0 aliphatic rings.